The molecule has 3 aromatic heterocycles. The summed E-state index contributed by atoms with van der Waals surface area (Å²) in [7, 11) is 0. The molecule has 1 aliphatic heterocycles. The van der Waals surface area contributed by atoms with E-state index in [0.717, 1.165) is 6.07 Å². The predicted octanol–water partition coefficient (Wildman–Crippen LogP) is 2.79. The van der Waals surface area contributed by atoms with Gasteiger partial charge in [0.05, 0.1) is 19.8 Å². The maximum absolute atomic E-state index is 12.9. The zero-order valence-electron chi connectivity index (χ0n) is 17.3. The molecule has 1 saturated heterocycles. The molecule has 1 aliphatic rings. The number of hydrogen-bond donors (Lipinski definition) is 1. The molecule has 0 aliphatic carbocycles. The summed E-state index contributed by atoms with van der Waals surface area (Å²) in [6, 6.07) is 5.43. The molecule has 168 valence electrons. The molecule has 1 N–H and O–H groups in total. The number of aromatic nitrogens is 3. The van der Waals surface area contributed by atoms with Crippen LogP contribution in [0.2, 0.25) is 0 Å². The van der Waals surface area contributed by atoms with E-state index in [0.29, 0.717) is 44.3 Å². The molecule has 0 aromatic carbocycles. The average Bonchev–Trinajstić information content (AvgIpc) is 3.22. The van der Waals surface area contributed by atoms with Crippen molar-refractivity contribution >= 4 is 23.1 Å². The number of hydrogen-bond acceptors (Lipinski definition) is 6. The van der Waals surface area contributed by atoms with E-state index < -0.39 is 18.0 Å². The summed E-state index contributed by atoms with van der Waals surface area (Å²) in [6.07, 6.45) is 0.332. The predicted molar refractivity (Wildman–Crippen MR) is 110 cm³/mol. The second-order valence-corrected chi connectivity index (χ2v) is 6.98. The fourth-order valence-corrected chi connectivity index (χ4v) is 3.30. The molecule has 0 bridgehead atoms. The summed E-state index contributed by atoms with van der Waals surface area (Å²) >= 11 is 0. The zero-order valence-corrected chi connectivity index (χ0v) is 17.3. The lowest BCUT2D eigenvalue weighted by Gasteiger charge is -2.25. The summed E-state index contributed by atoms with van der Waals surface area (Å²) < 4.78 is 38.3. The van der Waals surface area contributed by atoms with Gasteiger partial charge in [-0.05, 0) is 19.1 Å². The van der Waals surface area contributed by atoms with Crippen LogP contribution in [0.4, 0.5) is 14.5 Å². The SMILES string of the molecule is CCOc1cc2nc(C(=O)N3CCOCC3)cn2cc1NC(=O)c1cccc(C(F)F)n1. The number of carbonyl (C=O) groups is 2. The van der Waals surface area contributed by atoms with E-state index in [1.807, 2.05) is 0 Å². The standard InChI is InChI=1S/C21H21F2N5O4/c1-2-32-17-10-18-25-16(21(30)27-6-8-31-9-7-27)12-28(18)11-15(17)26-20(29)14-5-3-4-13(24-14)19(22)23/h3-5,10-12,19H,2,6-9H2,1H3,(H,26,29). The molecule has 1 fully saturated rings. The van der Waals surface area contributed by atoms with Crippen molar-refractivity contribution in [3.63, 3.8) is 0 Å². The number of nitrogens with zero attached hydrogens (tertiary/aromatic N) is 4. The van der Waals surface area contributed by atoms with Crippen LogP contribution >= 0.6 is 0 Å². The molecular formula is C21H21F2N5O4. The lowest BCUT2D eigenvalue weighted by molar-refractivity contribution is 0.0299. The number of nitrogens with one attached hydrogen (secondary N) is 1. The highest BCUT2D eigenvalue weighted by Crippen LogP contribution is 2.27. The van der Waals surface area contributed by atoms with Crippen LogP contribution < -0.4 is 10.1 Å². The van der Waals surface area contributed by atoms with Crippen LogP contribution in [0.25, 0.3) is 5.65 Å². The Bertz CT molecular complexity index is 1140. The molecule has 32 heavy (non-hydrogen) atoms. The van der Waals surface area contributed by atoms with Crippen molar-refractivity contribution in [2.75, 3.05) is 38.2 Å². The van der Waals surface area contributed by atoms with E-state index >= 15 is 0 Å². The molecule has 0 spiro atoms. The van der Waals surface area contributed by atoms with Gasteiger partial charge in [0.15, 0.2) is 0 Å². The van der Waals surface area contributed by atoms with Gasteiger partial charge in [-0.25, -0.2) is 18.7 Å². The van der Waals surface area contributed by atoms with Gasteiger partial charge >= 0.3 is 0 Å². The Hall–Kier alpha value is -3.60. The molecule has 3 aromatic rings. The molecule has 0 atom stereocenters. The minimum atomic E-state index is -2.79. The maximum Gasteiger partial charge on any atom is 0.280 e. The van der Waals surface area contributed by atoms with Crippen LogP contribution in [-0.2, 0) is 4.74 Å². The van der Waals surface area contributed by atoms with Gasteiger partial charge in [-0.15, -0.1) is 0 Å². The summed E-state index contributed by atoms with van der Waals surface area (Å²) in [5, 5.41) is 2.64. The van der Waals surface area contributed by atoms with Crippen molar-refractivity contribution in [3.8, 4) is 5.75 Å². The minimum Gasteiger partial charge on any atom is -0.491 e. The Kier molecular flexibility index (Phi) is 6.26. The fraction of sp³-hybridized carbons (Fsp3) is 0.333. The Labute approximate surface area is 182 Å². The van der Waals surface area contributed by atoms with E-state index in [1.54, 1.807) is 34.7 Å². The monoisotopic (exact) mass is 445 g/mol. The first-order valence-corrected chi connectivity index (χ1v) is 10.0. The van der Waals surface area contributed by atoms with Gasteiger partial charge < -0.3 is 24.1 Å². The number of ether oxygens (including phenoxy) is 2. The smallest absolute Gasteiger partial charge is 0.280 e. The highest BCUT2D eigenvalue weighted by Gasteiger charge is 2.22. The van der Waals surface area contributed by atoms with E-state index in [2.05, 4.69) is 15.3 Å². The molecular weight excluding hydrogens is 424 g/mol. The number of carbonyl (C=O) groups excluding carboxylic acids is 2. The van der Waals surface area contributed by atoms with Gasteiger partial charge in [0.1, 0.15) is 34.2 Å². The first kappa shape index (κ1) is 21.6. The van der Waals surface area contributed by atoms with Crippen LogP contribution in [0.5, 0.6) is 5.75 Å². The second-order valence-electron chi connectivity index (χ2n) is 6.98. The topological polar surface area (TPSA) is 98.1 Å². The normalized spacial score (nSPS) is 14.1. The number of morpholine rings is 1. The largest absolute Gasteiger partial charge is 0.491 e. The summed E-state index contributed by atoms with van der Waals surface area (Å²) in [5.74, 6) is -0.555. The van der Waals surface area contributed by atoms with Gasteiger partial charge in [0.2, 0.25) is 0 Å². The van der Waals surface area contributed by atoms with Crippen molar-refractivity contribution in [2.24, 2.45) is 0 Å². The number of amides is 2. The number of anilines is 1. The van der Waals surface area contributed by atoms with Crippen LogP contribution in [0, 0.1) is 0 Å². The van der Waals surface area contributed by atoms with Crippen LogP contribution in [0.1, 0.15) is 40.0 Å². The third kappa shape index (κ3) is 4.52. The number of alkyl halides is 2. The number of imidazole rings is 1. The number of pyridine rings is 2. The van der Waals surface area contributed by atoms with Gasteiger partial charge in [-0.1, -0.05) is 6.07 Å². The highest BCUT2D eigenvalue weighted by atomic mass is 19.3. The summed E-state index contributed by atoms with van der Waals surface area (Å²) in [5.41, 5.74) is 0.361. The Morgan fingerprint density at radius 3 is 2.69 bits per heavy atom. The molecule has 0 unspecified atom stereocenters. The summed E-state index contributed by atoms with van der Waals surface area (Å²) in [6.45, 7) is 4.03. The molecule has 4 rings (SSSR count). The molecule has 0 radical (unpaired) electrons. The quantitative estimate of drug-likeness (QED) is 0.627. The second kappa shape index (κ2) is 9.27. The van der Waals surface area contributed by atoms with Crippen LogP contribution in [0.3, 0.4) is 0 Å². The Morgan fingerprint density at radius 1 is 1.19 bits per heavy atom. The zero-order chi connectivity index (χ0) is 22.7. The van der Waals surface area contributed by atoms with Crippen molar-refractivity contribution in [2.45, 2.75) is 13.3 Å². The maximum atomic E-state index is 12.9. The Balaban J connectivity index is 1.63. The van der Waals surface area contributed by atoms with Crippen molar-refractivity contribution in [3.05, 3.63) is 53.7 Å². The first-order chi connectivity index (χ1) is 15.5. The van der Waals surface area contributed by atoms with E-state index in [4.69, 9.17) is 9.47 Å². The van der Waals surface area contributed by atoms with Crippen LogP contribution in [-0.4, -0.2) is 64.0 Å². The number of halogens is 2. The van der Waals surface area contributed by atoms with Gasteiger partial charge in [0.25, 0.3) is 18.2 Å². The third-order valence-electron chi connectivity index (χ3n) is 4.85. The van der Waals surface area contributed by atoms with Gasteiger partial charge in [-0.2, -0.15) is 0 Å². The van der Waals surface area contributed by atoms with E-state index in [-0.39, 0.29) is 23.0 Å². The lowest BCUT2D eigenvalue weighted by Crippen LogP contribution is -2.40. The molecule has 11 heteroatoms. The molecule has 4 heterocycles. The molecule has 0 saturated carbocycles. The minimum absolute atomic E-state index is 0.154. The highest BCUT2D eigenvalue weighted by molar-refractivity contribution is 6.03. The average molecular weight is 445 g/mol. The number of fused-ring (bicyclic) bond motifs is 1. The molecule has 9 nitrogen and oxygen atoms in total. The number of rotatable bonds is 6. The van der Waals surface area contributed by atoms with Gasteiger partial charge in [-0.3, -0.25) is 9.59 Å². The van der Waals surface area contributed by atoms with Crippen LogP contribution in [0.15, 0.2) is 36.7 Å². The van der Waals surface area contributed by atoms with E-state index in [1.165, 1.54) is 12.1 Å². The molecule has 2 amide bonds. The van der Waals surface area contributed by atoms with Gasteiger partial charge in [0, 0.05) is 31.5 Å². The van der Waals surface area contributed by atoms with Crippen molar-refractivity contribution < 1.29 is 27.8 Å². The third-order valence-corrected chi connectivity index (χ3v) is 4.85. The van der Waals surface area contributed by atoms with Crippen molar-refractivity contribution in [1.29, 1.82) is 0 Å². The first-order valence-electron chi connectivity index (χ1n) is 10.0. The van der Waals surface area contributed by atoms with E-state index in [9.17, 15) is 18.4 Å². The Morgan fingerprint density at radius 2 is 1.97 bits per heavy atom. The summed E-state index contributed by atoms with van der Waals surface area (Å²) in [4.78, 5) is 35.1. The lowest BCUT2D eigenvalue weighted by atomic mass is 10.2. The van der Waals surface area contributed by atoms with Crippen molar-refractivity contribution in [1.82, 2.24) is 19.3 Å². The fourth-order valence-electron chi connectivity index (χ4n) is 3.30.